The summed E-state index contributed by atoms with van der Waals surface area (Å²) in [5, 5.41) is 4.99. The second-order valence-corrected chi connectivity index (χ2v) is 13.4. The number of anilines is 3. The summed E-state index contributed by atoms with van der Waals surface area (Å²) >= 11 is 0. The van der Waals surface area contributed by atoms with Crippen molar-refractivity contribution >= 4 is 38.6 Å². The molecule has 228 valence electrons. The monoisotopic (exact) mass is 613 g/mol. The van der Waals surface area contributed by atoms with Crippen LogP contribution in [0.4, 0.5) is 17.1 Å². The van der Waals surface area contributed by atoms with Crippen molar-refractivity contribution in [2.75, 3.05) is 4.90 Å². The average Bonchev–Trinajstić information content (AvgIpc) is 3.38. The molecule has 0 bridgehead atoms. The fourth-order valence-electron chi connectivity index (χ4n) is 7.89. The molecule has 0 amide bonds. The SMILES string of the molecule is CC1(C)c2ccccc2-c2cc(N(c3ccc(-c4ccccc4)cc3)c3cc4cccc(-c5ccccc5)c4c4ccccc34)ccc21. The molecular weight excluding hydrogens is 579 g/mol. The lowest BCUT2D eigenvalue weighted by Gasteiger charge is -2.29. The molecule has 1 heteroatoms. The van der Waals surface area contributed by atoms with E-state index in [-0.39, 0.29) is 5.41 Å². The van der Waals surface area contributed by atoms with Gasteiger partial charge in [0.25, 0.3) is 0 Å². The van der Waals surface area contributed by atoms with Crippen molar-refractivity contribution in [2.24, 2.45) is 0 Å². The molecule has 0 atom stereocenters. The van der Waals surface area contributed by atoms with Crippen molar-refractivity contribution < 1.29 is 0 Å². The van der Waals surface area contributed by atoms with Crippen molar-refractivity contribution in [2.45, 2.75) is 19.3 Å². The molecule has 1 nitrogen and oxygen atoms in total. The predicted octanol–water partition coefficient (Wildman–Crippen LogP) is 13.1. The van der Waals surface area contributed by atoms with Crippen LogP contribution in [0.1, 0.15) is 25.0 Å². The third-order valence-corrected chi connectivity index (χ3v) is 10.2. The molecule has 1 aliphatic carbocycles. The Morgan fingerprint density at radius 3 is 1.75 bits per heavy atom. The topological polar surface area (TPSA) is 3.24 Å². The standard InChI is InChI=1S/C47H35N/c1-47(2)43-23-12-11-19-39(43)42-31-37(28-29-44(42)47)48(36-26-24-33(25-27-36)32-14-5-3-6-15-32)45-30-35-18-13-22-38(34-16-7-4-8-17-34)46(35)41-21-10-9-20-40(41)45/h3-31H,1-2H3. The third kappa shape index (κ3) is 4.47. The highest BCUT2D eigenvalue weighted by molar-refractivity contribution is 6.19. The first-order valence-corrected chi connectivity index (χ1v) is 16.8. The van der Waals surface area contributed by atoms with Gasteiger partial charge in [0.2, 0.25) is 0 Å². The highest BCUT2D eigenvalue weighted by atomic mass is 15.1. The quantitative estimate of drug-likeness (QED) is 0.175. The van der Waals surface area contributed by atoms with Gasteiger partial charge >= 0.3 is 0 Å². The van der Waals surface area contributed by atoms with E-state index >= 15 is 0 Å². The van der Waals surface area contributed by atoms with Crippen LogP contribution in [0.15, 0.2) is 176 Å². The smallest absolute Gasteiger partial charge is 0.0546 e. The number of benzene rings is 8. The first-order valence-electron chi connectivity index (χ1n) is 16.8. The minimum Gasteiger partial charge on any atom is -0.310 e. The summed E-state index contributed by atoms with van der Waals surface area (Å²) in [4.78, 5) is 2.46. The van der Waals surface area contributed by atoms with E-state index in [4.69, 9.17) is 0 Å². The Kier molecular flexibility index (Phi) is 6.55. The van der Waals surface area contributed by atoms with Gasteiger partial charge in [-0.25, -0.2) is 0 Å². The molecule has 0 aliphatic heterocycles. The molecule has 48 heavy (non-hydrogen) atoms. The van der Waals surface area contributed by atoms with Gasteiger partial charge in [-0.3, -0.25) is 0 Å². The Hall–Kier alpha value is -5.92. The zero-order chi connectivity index (χ0) is 32.2. The normalized spacial score (nSPS) is 13.0. The van der Waals surface area contributed by atoms with Crippen LogP contribution in [0, 0.1) is 0 Å². The fraction of sp³-hybridized carbons (Fsp3) is 0.0638. The van der Waals surface area contributed by atoms with E-state index < -0.39 is 0 Å². The van der Waals surface area contributed by atoms with Gasteiger partial charge in [-0.15, -0.1) is 0 Å². The van der Waals surface area contributed by atoms with E-state index in [0.29, 0.717) is 0 Å². The van der Waals surface area contributed by atoms with Gasteiger partial charge in [-0.1, -0.05) is 159 Å². The molecule has 0 unspecified atom stereocenters. The van der Waals surface area contributed by atoms with Crippen molar-refractivity contribution in [3.63, 3.8) is 0 Å². The number of fused-ring (bicyclic) bond motifs is 6. The number of nitrogens with zero attached hydrogens (tertiary/aromatic N) is 1. The van der Waals surface area contributed by atoms with Gasteiger partial charge in [0.1, 0.15) is 0 Å². The van der Waals surface area contributed by atoms with Crippen LogP contribution < -0.4 is 4.90 Å². The first-order chi connectivity index (χ1) is 23.6. The van der Waals surface area contributed by atoms with E-state index in [1.807, 2.05) is 0 Å². The van der Waals surface area contributed by atoms with Crippen LogP contribution in [0.2, 0.25) is 0 Å². The lowest BCUT2D eigenvalue weighted by Crippen LogP contribution is -2.15. The maximum Gasteiger partial charge on any atom is 0.0546 e. The lowest BCUT2D eigenvalue weighted by molar-refractivity contribution is 0.660. The summed E-state index contributed by atoms with van der Waals surface area (Å²) in [6, 6.07) is 64.4. The summed E-state index contributed by atoms with van der Waals surface area (Å²) < 4.78 is 0. The Morgan fingerprint density at radius 1 is 0.396 bits per heavy atom. The Morgan fingerprint density at radius 2 is 0.979 bits per heavy atom. The van der Waals surface area contributed by atoms with Gasteiger partial charge in [0, 0.05) is 22.2 Å². The summed E-state index contributed by atoms with van der Waals surface area (Å²) in [6.45, 7) is 4.69. The molecule has 0 aromatic heterocycles. The number of rotatable bonds is 5. The second kappa shape index (κ2) is 11.1. The zero-order valence-electron chi connectivity index (χ0n) is 27.2. The largest absolute Gasteiger partial charge is 0.310 e. The van der Waals surface area contributed by atoms with Gasteiger partial charge in [-0.05, 0) is 91.0 Å². The highest BCUT2D eigenvalue weighted by Crippen LogP contribution is 2.51. The van der Waals surface area contributed by atoms with Gasteiger partial charge in [0.05, 0.1) is 5.69 Å². The molecule has 8 aromatic rings. The van der Waals surface area contributed by atoms with Crippen LogP contribution in [-0.4, -0.2) is 0 Å². The molecule has 0 spiro atoms. The van der Waals surface area contributed by atoms with E-state index in [1.54, 1.807) is 0 Å². The van der Waals surface area contributed by atoms with E-state index in [1.165, 1.54) is 71.7 Å². The fourth-order valence-corrected chi connectivity index (χ4v) is 7.89. The van der Waals surface area contributed by atoms with Crippen LogP contribution >= 0.6 is 0 Å². The van der Waals surface area contributed by atoms with Crippen molar-refractivity contribution in [1.29, 1.82) is 0 Å². The molecular formula is C47H35N. The maximum absolute atomic E-state index is 2.46. The number of hydrogen-bond donors (Lipinski definition) is 0. The van der Waals surface area contributed by atoms with Crippen molar-refractivity contribution in [1.82, 2.24) is 0 Å². The van der Waals surface area contributed by atoms with Crippen LogP contribution in [0.3, 0.4) is 0 Å². The van der Waals surface area contributed by atoms with Crippen LogP contribution in [0.5, 0.6) is 0 Å². The molecule has 0 radical (unpaired) electrons. The summed E-state index contributed by atoms with van der Waals surface area (Å²) in [7, 11) is 0. The van der Waals surface area contributed by atoms with Crippen LogP contribution in [-0.2, 0) is 5.41 Å². The highest BCUT2D eigenvalue weighted by Gasteiger charge is 2.35. The molecule has 8 aromatic carbocycles. The molecule has 1 aliphatic rings. The minimum absolute atomic E-state index is 0.0455. The van der Waals surface area contributed by atoms with Gasteiger partial charge < -0.3 is 4.90 Å². The number of hydrogen-bond acceptors (Lipinski definition) is 1. The zero-order valence-corrected chi connectivity index (χ0v) is 27.2. The average molecular weight is 614 g/mol. The molecule has 0 heterocycles. The maximum atomic E-state index is 2.46. The van der Waals surface area contributed by atoms with E-state index in [0.717, 1.165) is 11.4 Å². The van der Waals surface area contributed by atoms with Crippen molar-refractivity contribution in [3.05, 3.63) is 187 Å². The molecule has 0 saturated heterocycles. The predicted molar refractivity (Wildman–Crippen MR) is 205 cm³/mol. The second-order valence-electron chi connectivity index (χ2n) is 13.4. The summed E-state index contributed by atoms with van der Waals surface area (Å²) in [5.74, 6) is 0. The Labute approximate surface area is 282 Å². The molecule has 0 fully saturated rings. The van der Waals surface area contributed by atoms with E-state index in [2.05, 4.69) is 195 Å². The minimum atomic E-state index is -0.0455. The third-order valence-electron chi connectivity index (χ3n) is 10.2. The first kappa shape index (κ1) is 28.3. The molecule has 9 rings (SSSR count). The lowest BCUT2D eigenvalue weighted by atomic mass is 9.82. The van der Waals surface area contributed by atoms with Gasteiger partial charge in [0.15, 0.2) is 0 Å². The van der Waals surface area contributed by atoms with Crippen LogP contribution in [0.25, 0.3) is 54.9 Å². The molecule has 0 saturated carbocycles. The van der Waals surface area contributed by atoms with Gasteiger partial charge in [-0.2, -0.15) is 0 Å². The Balaban J connectivity index is 1.30. The summed E-state index contributed by atoms with van der Waals surface area (Å²) in [6.07, 6.45) is 0. The van der Waals surface area contributed by atoms with E-state index in [9.17, 15) is 0 Å². The van der Waals surface area contributed by atoms with Crippen molar-refractivity contribution in [3.8, 4) is 33.4 Å². The summed E-state index contributed by atoms with van der Waals surface area (Å²) in [5.41, 5.74) is 13.7. The molecule has 0 N–H and O–H groups in total. The Bertz CT molecular complexity index is 2460.